The molecule has 6 heteroatoms. The zero-order valence-electron chi connectivity index (χ0n) is 10.8. The highest BCUT2D eigenvalue weighted by molar-refractivity contribution is 8.00. The Kier molecular flexibility index (Phi) is 8.89. The molecule has 0 radical (unpaired) electrons. The molecule has 5 nitrogen and oxygen atoms in total. The van der Waals surface area contributed by atoms with Gasteiger partial charge in [-0.15, -0.1) is 0 Å². The van der Waals surface area contributed by atoms with Crippen molar-refractivity contribution in [2.24, 2.45) is 11.7 Å². The van der Waals surface area contributed by atoms with Crippen LogP contribution in [-0.4, -0.2) is 36.0 Å². The van der Waals surface area contributed by atoms with Gasteiger partial charge in [0.15, 0.2) is 0 Å². The second-order valence-corrected chi connectivity index (χ2v) is 5.51. The van der Waals surface area contributed by atoms with Crippen molar-refractivity contribution in [1.82, 2.24) is 10.6 Å². The van der Waals surface area contributed by atoms with Crippen molar-refractivity contribution in [1.29, 1.82) is 0 Å². The molecule has 0 aliphatic rings. The highest BCUT2D eigenvalue weighted by atomic mass is 32.2. The molecule has 0 saturated carbocycles. The summed E-state index contributed by atoms with van der Waals surface area (Å²) < 4.78 is 0. The van der Waals surface area contributed by atoms with Crippen LogP contribution in [0.15, 0.2) is 0 Å². The molecule has 0 aromatic rings. The average Bonchev–Trinajstić information content (AvgIpc) is 2.15. The number of carbonyl (C=O) groups is 2. The van der Waals surface area contributed by atoms with E-state index in [0.29, 0.717) is 18.2 Å². The van der Waals surface area contributed by atoms with Crippen LogP contribution >= 0.6 is 11.8 Å². The van der Waals surface area contributed by atoms with Crippen LogP contribution in [0.4, 0.5) is 4.79 Å². The van der Waals surface area contributed by atoms with Crippen LogP contribution in [0, 0.1) is 5.92 Å². The second kappa shape index (κ2) is 9.30. The molecule has 1 unspecified atom stereocenters. The number of thioether (sulfide) groups is 1. The quantitative estimate of drug-likeness (QED) is 0.637. The van der Waals surface area contributed by atoms with Gasteiger partial charge in [-0.05, 0) is 19.3 Å². The number of urea groups is 1. The van der Waals surface area contributed by atoms with Crippen molar-refractivity contribution in [3.8, 4) is 0 Å². The molecule has 0 rings (SSSR count). The first-order chi connectivity index (χ1) is 7.91. The fourth-order valence-corrected chi connectivity index (χ4v) is 1.77. The van der Waals surface area contributed by atoms with Gasteiger partial charge in [0.25, 0.3) is 0 Å². The fraction of sp³-hybridized carbons (Fsp3) is 0.818. The third-order valence-electron chi connectivity index (χ3n) is 1.87. The zero-order valence-corrected chi connectivity index (χ0v) is 11.6. The number of rotatable bonds is 7. The van der Waals surface area contributed by atoms with Crippen LogP contribution in [0.1, 0.15) is 27.2 Å². The lowest BCUT2D eigenvalue weighted by atomic mass is 10.1. The summed E-state index contributed by atoms with van der Waals surface area (Å²) in [7, 11) is 0. The van der Waals surface area contributed by atoms with E-state index in [1.807, 2.05) is 6.92 Å². The maximum Gasteiger partial charge on any atom is 0.321 e. The normalized spacial score (nSPS) is 12.3. The molecular weight excluding hydrogens is 238 g/mol. The van der Waals surface area contributed by atoms with Gasteiger partial charge >= 0.3 is 6.03 Å². The number of hydrogen-bond donors (Lipinski definition) is 3. The van der Waals surface area contributed by atoms with Gasteiger partial charge in [-0.2, -0.15) is 11.8 Å². The summed E-state index contributed by atoms with van der Waals surface area (Å²) in [6, 6.07) is -0.357. The molecular formula is C11H23N3O2S. The van der Waals surface area contributed by atoms with E-state index >= 15 is 0 Å². The number of carbonyl (C=O) groups excluding carboxylic acids is 2. The Hall–Kier alpha value is -0.750. The lowest BCUT2D eigenvalue weighted by Gasteiger charge is -2.08. The van der Waals surface area contributed by atoms with E-state index in [1.54, 1.807) is 0 Å². The van der Waals surface area contributed by atoms with Crippen molar-refractivity contribution >= 4 is 23.7 Å². The van der Waals surface area contributed by atoms with E-state index in [2.05, 4.69) is 24.5 Å². The Morgan fingerprint density at radius 2 is 1.94 bits per heavy atom. The summed E-state index contributed by atoms with van der Waals surface area (Å²) in [5.74, 6) is 1.23. The fourth-order valence-electron chi connectivity index (χ4n) is 1.02. The molecule has 0 bridgehead atoms. The molecule has 4 N–H and O–H groups in total. The lowest BCUT2D eigenvalue weighted by molar-refractivity contribution is -0.117. The highest BCUT2D eigenvalue weighted by Crippen LogP contribution is 2.00. The number of amides is 3. The topological polar surface area (TPSA) is 84.2 Å². The maximum atomic E-state index is 11.3. The average molecular weight is 261 g/mol. The van der Waals surface area contributed by atoms with Crippen LogP contribution < -0.4 is 16.4 Å². The molecule has 1 atom stereocenters. The molecule has 0 spiro atoms. The zero-order chi connectivity index (χ0) is 13.3. The van der Waals surface area contributed by atoms with Crippen LogP contribution in [-0.2, 0) is 4.79 Å². The summed E-state index contributed by atoms with van der Waals surface area (Å²) in [5.41, 5.74) is 5.54. The Balaban J connectivity index is 3.56. The van der Waals surface area contributed by atoms with Crippen molar-refractivity contribution in [2.45, 2.75) is 33.2 Å². The number of imide groups is 1. The standard InChI is InChI=1S/C11H23N3O2S/c1-8(2)4-5-13-11(16)14-10(15)7-17-6-9(3)12/h8-9H,4-7,12H2,1-3H3,(H2,13,14,15,16). The number of hydrogen-bond acceptors (Lipinski definition) is 4. The van der Waals surface area contributed by atoms with E-state index in [0.717, 1.165) is 6.42 Å². The van der Waals surface area contributed by atoms with Crippen molar-refractivity contribution in [3.63, 3.8) is 0 Å². The minimum Gasteiger partial charge on any atom is -0.338 e. The van der Waals surface area contributed by atoms with Gasteiger partial charge in [-0.1, -0.05) is 13.8 Å². The molecule has 3 amide bonds. The monoisotopic (exact) mass is 261 g/mol. The Morgan fingerprint density at radius 3 is 2.47 bits per heavy atom. The predicted octanol–water partition coefficient (Wildman–Crippen LogP) is 0.939. The van der Waals surface area contributed by atoms with Gasteiger partial charge < -0.3 is 11.1 Å². The van der Waals surface area contributed by atoms with E-state index in [-0.39, 0.29) is 17.7 Å². The Morgan fingerprint density at radius 1 is 1.29 bits per heavy atom. The van der Waals surface area contributed by atoms with Gasteiger partial charge in [-0.25, -0.2) is 4.79 Å². The van der Waals surface area contributed by atoms with Crippen molar-refractivity contribution in [3.05, 3.63) is 0 Å². The second-order valence-electron chi connectivity index (χ2n) is 4.48. The SMILES string of the molecule is CC(C)CCNC(=O)NC(=O)CSCC(C)N. The largest absolute Gasteiger partial charge is 0.338 e. The molecule has 17 heavy (non-hydrogen) atoms. The highest BCUT2D eigenvalue weighted by Gasteiger charge is 2.07. The van der Waals surface area contributed by atoms with E-state index in [4.69, 9.17) is 5.73 Å². The van der Waals surface area contributed by atoms with Crippen LogP contribution in [0.3, 0.4) is 0 Å². The molecule has 0 aromatic heterocycles. The molecule has 0 heterocycles. The molecule has 0 aliphatic heterocycles. The molecule has 0 aliphatic carbocycles. The summed E-state index contributed by atoms with van der Waals surface area (Å²) in [4.78, 5) is 22.6. The summed E-state index contributed by atoms with van der Waals surface area (Å²) in [6.07, 6.45) is 0.904. The first-order valence-corrected chi connectivity index (χ1v) is 6.98. The first kappa shape index (κ1) is 16.2. The minimum atomic E-state index is -0.419. The van der Waals surface area contributed by atoms with E-state index in [9.17, 15) is 9.59 Å². The summed E-state index contributed by atoms with van der Waals surface area (Å²) in [5, 5.41) is 4.92. The maximum absolute atomic E-state index is 11.3. The third-order valence-corrected chi connectivity index (χ3v) is 3.10. The van der Waals surface area contributed by atoms with Gasteiger partial charge in [-0.3, -0.25) is 10.1 Å². The Bertz CT molecular complexity index is 221. The van der Waals surface area contributed by atoms with Gasteiger partial charge in [0.05, 0.1) is 5.75 Å². The van der Waals surface area contributed by atoms with Crippen LogP contribution in [0.5, 0.6) is 0 Å². The summed E-state index contributed by atoms with van der Waals surface area (Å²) >= 11 is 1.42. The lowest BCUT2D eigenvalue weighted by Crippen LogP contribution is -2.41. The smallest absolute Gasteiger partial charge is 0.321 e. The van der Waals surface area contributed by atoms with Gasteiger partial charge in [0.1, 0.15) is 0 Å². The van der Waals surface area contributed by atoms with Crippen molar-refractivity contribution in [2.75, 3.05) is 18.1 Å². The molecule has 0 saturated heterocycles. The summed E-state index contributed by atoms with van der Waals surface area (Å²) in [6.45, 7) is 6.62. The Labute approximate surface area is 107 Å². The molecule has 0 fully saturated rings. The van der Waals surface area contributed by atoms with Gasteiger partial charge in [0.2, 0.25) is 5.91 Å². The number of nitrogens with one attached hydrogen (secondary N) is 2. The van der Waals surface area contributed by atoms with Crippen molar-refractivity contribution < 1.29 is 9.59 Å². The predicted molar refractivity (Wildman–Crippen MR) is 72.0 cm³/mol. The van der Waals surface area contributed by atoms with E-state index in [1.165, 1.54) is 11.8 Å². The van der Waals surface area contributed by atoms with Crippen LogP contribution in [0.25, 0.3) is 0 Å². The van der Waals surface area contributed by atoms with Crippen LogP contribution in [0.2, 0.25) is 0 Å². The van der Waals surface area contributed by atoms with Gasteiger partial charge in [0, 0.05) is 18.3 Å². The molecule has 0 aromatic carbocycles. The van der Waals surface area contributed by atoms with E-state index < -0.39 is 6.03 Å². The third kappa shape index (κ3) is 11.5. The number of nitrogens with two attached hydrogens (primary N) is 1. The first-order valence-electron chi connectivity index (χ1n) is 5.82. The minimum absolute atomic E-state index is 0.0627. The molecule has 100 valence electrons.